The highest BCUT2D eigenvalue weighted by molar-refractivity contribution is 5.84. The molecule has 5 aromatic rings. The molecule has 1 aliphatic carbocycles. The van der Waals surface area contributed by atoms with Crippen LogP contribution in [0.5, 0.6) is 0 Å². The second-order valence-electron chi connectivity index (χ2n) is 11.0. The van der Waals surface area contributed by atoms with Crippen LogP contribution in [0.1, 0.15) is 48.3 Å². The molecule has 0 radical (unpaired) electrons. The van der Waals surface area contributed by atoms with Crippen LogP contribution in [0.3, 0.4) is 0 Å². The molecule has 1 fully saturated rings. The highest BCUT2D eigenvalue weighted by Gasteiger charge is 2.25. The fourth-order valence-electron chi connectivity index (χ4n) is 5.42. The molecular weight excluding hydrogens is 533 g/mol. The lowest BCUT2D eigenvalue weighted by Gasteiger charge is -2.17. The molecule has 1 atom stereocenters. The summed E-state index contributed by atoms with van der Waals surface area (Å²) >= 11 is 0. The molecule has 6 rings (SSSR count). The van der Waals surface area contributed by atoms with Crippen LogP contribution in [0.4, 0.5) is 15.9 Å². The molecule has 214 valence electrons. The number of anilines is 2. The molecule has 3 aromatic heterocycles. The molecule has 0 amide bonds. The van der Waals surface area contributed by atoms with Gasteiger partial charge in [0.2, 0.25) is 0 Å². The van der Waals surface area contributed by atoms with E-state index < -0.39 is 11.4 Å². The Bertz CT molecular complexity index is 1930. The molecule has 0 spiro atoms. The molecule has 0 saturated heterocycles. The van der Waals surface area contributed by atoms with Gasteiger partial charge >= 0.3 is 0 Å². The second-order valence-corrected chi connectivity index (χ2v) is 11.0. The Labute approximate surface area is 241 Å². The van der Waals surface area contributed by atoms with Gasteiger partial charge in [-0.05, 0) is 83.6 Å². The van der Waals surface area contributed by atoms with E-state index in [9.17, 15) is 14.7 Å². The largest absolute Gasteiger partial charge is 0.392 e. The van der Waals surface area contributed by atoms with Gasteiger partial charge < -0.3 is 20.7 Å². The third-order valence-electron chi connectivity index (χ3n) is 8.06. The van der Waals surface area contributed by atoms with Gasteiger partial charge in [-0.3, -0.25) is 14.2 Å². The number of halogens is 1. The molecule has 1 saturated carbocycles. The van der Waals surface area contributed by atoms with Gasteiger partial charge in [-0.2, -0.15) is 0 Å². The first-order valence-corrected chi connectivity index (χ1v) is 14.0. The number of hydrogen-bond donors (Lipinski definition) is 3. The topological polar surface area (TPSA) is 115 Å². The smallest absolute Gasteiger partial charge is 0.274 e. The highest BCUT2D eigenvalue weighted by Crippen LogP contribution is 2.41. The van der Waals surface area contributed by atoms with Crippen LogP contribution in [0.25, 0.3) is 27.6 Å². The number of nitrogens with two attached hydrogens (primary N) is 1. The Hall–Kier alpha value is -4.60. The van der Waals surface area contributed by atoms with Crippen molar-refractivity contribution in [2.75, 3.05) is 11.9 Å². The summed E-state index contributed by atoms with van der Waals surface area (Å²) in [5.41, 5.74) is 9.41. The monoisotopic (exact) mass is 565 g/mol. The Morgan fingerprint density at radius 3 is 2.62 bits per heavy atom. The van der Waals surface area contributed by atoms with Crippen LogP contribution >= 0.6 is 0 Å². The molecule has 1 aliphatic rings. The maximum atomic E-state index is 15.2. The number of aliphatic hydroxyl groups excluding tert-OH is 1. The number of nitrogens with one attached hydrogen (secondary N) is 1. The van der Waals surface area contributed by atoms with Gasteiger partial charge in [0.25, 0.3) is 11.1 Å². The van der Waals surface area contributed by atoms with Crippen LogP contribution in [-0.2, 0) is 13.7 Å². The maximum absolute atomic E-state index is 15.2. The molecule has 42 heavy (non-hydrogen) atoms. The number of fused-ring (bicyclic) bond motifs is 1. The summed E-state index contributed by atoms with van der Waals surface area (Å²) in [5, 5.41) is 14.2. The van der Waals surface area contributed by atoms with E-state index in [2.05, 4.69) is 10.3 Å². The van der Waals surface area contributed by atoms with Crippen molar-refractivity contribution in [1.82, 2.24) is 14.1 Å². The van der Waals surface area contributed by atoms with Gasteiger partial charge in [-0.25, -0.2) is 9.37 Å². The van der Waals surface area contributed by atoms with Crippen molar-refractivity contribution in [3.63, 3.8) is 0 Å². The zero-order valence-corrected chi connectivity index (χ0v) is 23.5. The molecule has 9 heteroatoms. The fourth-order valence-corrected chi connectivity index (χ4v) is 5.42. The average Bonchev–Trinajstić information content (AvgIpc) is 3.85. The molecule has 1 unspecified atom stereocenters. The maximum Gasteiger partial charge on any atom is 0.274 e. The van der Waals surface area contributed by atoms with Crippen LogP contribution in [0.2, 0.25) is 0 Å². The Kier molecular flexibility index (Phi) is 7.22. The van der Waals surface area contributed by atoms with E-state index in [1.54, 1.807) is 56.0 Å². The van der Waals surface area contributed by atoms with Crippen molar-refractivity contribution in [2.24, 2.45) is 12.8 Å². The zero-order chi connectivity index (χ0) is 29.5. The van der Waals surface area contributed by atoms with Crippen molar-refractivity contribution in [3.05, 3.63) is 116 Å². The molecular formula is C33H32FN5O3. The zero-order valence-electron chi connectivity index (χ0n) is 23.5. The van der Waals surface area contributed by atoms with Gasteiger partial charge in [0.15, 0.2) is 0 Å². The lowest BCUT2D eigenvalue weighted by atomic mass is 9.98. The summed E-state index contributed by atoms with van der Waals surface area (Å²) in [5.74, 6) is 0.491. The Morgan fingerprint density at radius 1 is 1.12 bits per heavy atom. The summed E-state index contributed by atoms with van der Waals surface area (Å²) in [6.07, 6.45) is 7.10. The number of nitrogens with zero attached hydrogens (tertiary/aromatic N) is 3. The van der Waals surface area contributed by atoms with Crippen molar-refractivity contribution in [3.8, 4) is 16.8 Å². The summed E-state index contributed by atoms with van der Waals surface area (Å²) in [7, 11) is 1.64. The first-order chi connectivity index (χ1) is 20.3. The average molecular weight is 566 g/mol. The Balaban J connectivity index is 1.42. The van der Waals surface area contributed by atoms with Crippen molar-refractivity contribution in [2.45, 2.75) is 38.2 Å². The fraction of sp³-hybridized carbons (Fsp3) is 0.242. The van der Waals surface area contributed by atoms with E-state index in [1.165, 1.54) is 15.2 Å². The van der Waals surface area contributed by atoms with E-state index in [-0.39, 0.29) is 23.5 Å². The standard InChI is InChI=1S/C33H32FN5O3/c1-19(15-35)22-8-9-30(36-16-22)37-28-14-24(17-38(2)32(28)41)25-4-3-5-29(26(25)18-40)39-11-10-21-12-23(20-6-7-20)13-27(34)31(21)33(39)42/h3-5,8-14,16-17,19-20,40H,6-7,15,18,35H2,1-2H3,(H,36,37). The predicted octanol–water partition coefficient (Wildman–Crippen LogP) is 5.07. The normalized spacial score (nSPS) is 13.8. The third-order valence-corrected chi connectivity index (χ3v) is 8.06. The number of pyridine rings is 3. The van der Waals surface area contributed by atoms with Gasteiger partial charge in [-0.15, -0.1) is 0 Å². The molecule has 3 heterocycles. The van der Waals surface area contributed by atoms with Crippen LogP contribution in [0, 0.1) is 5.82 Å². The molecule has 2 aromatic carbocycles. The lowest BCUT2D eigenvalue weighted by molar-refractivity contribution is 0.282. The van der Waals surface area contributed by atoms with E-state index in [4.69, 9.17) is 5.73 Å². The first-order valence-electron chi connectivity index (χ1n) is 14.0. The van der Waals surface area contributed by atoms with Gasteiger partial charge in [0.05, 0.1) is 17.7 Å². The predicted molar refractivity (Wildman–Crippen MR) is 163 cm³/mol. The molecule has 0 aliphatic heterocycles. The van der Waals surface area contributed by atoms with Crippen molar-refractivity contribution >= 4 is 22.3 Å². The molecule has 0 bridgehead atoms. The minimum atomic E-state index is -0.539. The SMILES string of the molecule is CC(CN)c1ccc(Nc2cc(-c3cccc(-n4ccc5cc(C6CC6)cc(F)c5c4=O)c3CO)cn(C)c2=O)nc1. The van der Waals surface area contributed by atoms with Crippen LogP contribution in [-0.4, -0.2) is 25.8 Å². The Morgan fingerprint density at radius 2 is 1.93 bits per heavy atom. The van der Waals surface area contributed by atoms with Gasteiger partial charge in [0.1, 0.15) is 17.3 Å². The van der Waals surface area contributed by atoms with Gasteiger partial charge in [0, 0.05) is 36.8 Å². The number of aryl methyl sites for hydroxylation is 1. The van der Waals surface area contributed by atoms with Crippen LogP contribution in [0.15, 0.2) is 82.8 Å². The minimum Gasteiger partial charge on any atom is -0.392 e. The number of benzene rings is 2. The number of rotatable bonds is 8. The van der Waals surface area contributed by atoms with Crippen molar-refractivity contribution < 1.29 is 9.50 Å². The lowest BCUT2D eigenvalue weighted by Crippen LogP contribution is -2.21. The van der Waals surface area contributed by atoms with Crippen LogP contribution < -0.4 is 22.2 Å². The van der Waals surface area contributed by atoms with E-state index >= 15 is 4.39 Å². The highest BCUT2D eigenvalue weighted by atomic mass is 19.1. The number of aromatic nitrogens is 3. The second kappa shape index (κ2) is 11.0. The molecule has 8 nitrogen and oxygen atoms in total. The summed E-state index contributed by atoms with van der Waals surface area (Å²) < 4.78 is 18.0. The van der Waals surface area contributed by atoms with E-state index in [1.807, 2.05) is 25.1 Å². The quantitative estimate of drug-likeness (QED) is 0.242. The summed E-state index contributed by atoms with van der Waals surface area (Å²) in [6.45, 7) is 2.14. The third kappa shape index (κ3) is 5.01. The molecule has 4 N–H and O–H groups in total. The van der Waals surface area contributed by atoms with E-state index in [0.717, 1.165) is 24.0 Å². The number of aliphatic hydroxyl groups is 1. The van der Waals surface area contributed by atoms with Gasteiger partial charge in [-0.1, -0.05) is 31.2 Å². The summed E-state index contributed by atoms with van der Waals surface area (Å²) in [4.78, 5) is 31.0. The minimum absolute atomic E-state index is 0.0177. The first kappa shape index (κ1) is 27.6. The summed E-state index contributed by atoms with van der Waals surface area (Å²) in [6, 6.07) is 15.8. The van der Waals surface area contributed by atoms with Crippen molar-refractivity contribution in [1.29, 1.82) is 0 Å². The number of hydrogen-bond acceptors (Lipinski definition) is 6. The van der Waals surface area contributed by atoms with E-state index in [0.29, 0.717) is 51.7 Å².